The number of aromatic nitrogens is 1. The summed E-state index contributed by atoms with van der Waals surface area (Å²) in [4.78, 5) is 7.09. The lowest BCUT2D eigenvalue weighted by molar-refractivity contribution is 0.198. The van der Waals surface area contributed by atoms with Gasteiger partial charge in [0.25, 0.3) is 0 Å². The minimum Gasteiger partial charge on any atom is -0.312 e. The second-order valence-corrected chi connectivity index (χ2v) is 5.12. The van der Waals surface area contributed by atoms with Crippen molar-refractivity contribution in [2.24, 2.45) is 0 Å². The summed E-state index contributed by atoms with van der Waals surface area (Å²) in [7, 11) is 0. The van der Waals surface area contributed by atoms with E-state index in [-0.39, 0.29) is 0 Å². The summed E-state index contributed by atoms with van der Waals surface area (Å²) in [6.45, 7) is 8.80. The van der Waals surface area contributed by atoms with E-state index < -0.39 is 0 Å². The fraction of sp³-hybridized carbons (Fsp3) is 0.727. The summed E-state index contributed by atoms with van der Waals surface area (Å²) < 4.78 is 0. The van der Waals surface area contributed by atoms with E-state index in [1.54, 1.807) is 11.3 Å². The van der Waals surface area contributed by atoms with Crippen LogP contribution in [0, 0.1) is 0 Å². The maximum absolute atomic E-state index is 4.60. The first-order chi connectivity index (χ1) is 7.28. The molecule has 3 nitrogen and oxygen atoms in total. The molecule has 0 saturated carbocycles. The lowest BCUT2D eigenvalue weighted by Crippen LogP contribution is -2.48. The van der Waals surface area contributed by atoms with Crippen molar-refractivity contribution in [1.82, 2.24) is 15.2 Å². The molecule has 2 rings (SSSR count). The lowest BCUT2D eigenvalue weighted by Gasteiger charge is -2.31. The quantitative estimate of drug-likeness (QED) is 0.845. The molecule has 1 saturated heterocycles. The molecule has 1 N–H and O–H groups in total. The zero-order valence-electron chi connectivity index (χ0n) is 9.49. The van der Waals surface area contributed by atoms with Crippen LogP contribution < -0.4 is 5.32 Å². The van der Waals surface area contributed by atoms with Gasteiger partial charge in [0.1, 0.15) is 0 Å². The third-order valence-electron chi connectivity index (χ3n) is 2.74. The van der Waals surface area contributed by atoms with Gasteiger partial charge in [-0.1, -0.05) is 6.92 Å². The molecule has 0 radical (unpaired) electrons. The first-order valence-corrected chi connectivity index (χ1v) is 6.55. The van der Waals surface area contributed by atoms with E-state index in [0.717, 1.165) is 32.6 Å². The van der Waals surface area contributed by atoms with Gasteiger partial charge in [-0.05, 0) is 13.3 Å². The number of rotatable bonds is 3. The highest BCUT2D eigenvalue weighted by Gasteiger charge is 2.16. The van der Waals surface area contributed by atoms with Crippen molar-refractivity contribution in [3.8, 4) is 0 Å². The third-order valence-corrected chi connectivity index (χ3v) is 3.78. The standard InChI is InChI=1S/C11H19N3S/c1-3-11-13-10(8-15-11)7-14-5-4-12-9(2)6-14/h8-9,12H,3-7H2,1-2H3. The largest absolute Gasteiger partial charge is 0.312 e. The average Bonchev–Trinajstić information content (AvgIpc) is 2.65. The van der Waals surface area contributed by atoms with E-state index >= 15 is 0 Å². The topological polar surface area (TPSA) is 28.2 Å². The van der Waals surface area contributed by atoms with Gasteiger partial charge in [-0.15, -0.1) is 11.3 Å². The van der Waals surface area contributed by atoms with Gasteiger partial charge >= 0.3 is 0 Å². The number of nitrogens with one attached hydrogen (secondary N) is 1. The molecule has 15 heavy (non-hydrogen) atoms. The molecule has 0 amide bonds. The Balaban J connectivity index is 1.90. The summed E-state index contributed by atoms with van der Waals surface area (Å²) in [6.07, 6.45) is 1.06. The number of hydrogen-bond acceptors (Lipinski definition) is 4. The van der Waals surface area contributed by atoms with Crippen LogP contribution >= 0.6 is 11.3 Å². The molecule has 0 aliphatic carbocycles. The van der Waals surface area contributed by atoms with E-state index in [1.165, 1.54) is 10.7 Å². The average molecular weight is 225 g/mol. The smallest absolute Gasteiger partial charge is 0.0926 e. The maximum atomic E-state index is 4.60. The van der Waals surface area contributed by atoms with Gasteiger partial charge in [-0.2, -0.15) is 0 Å². The Morgan fingerprint density at radius 1 is 1.67 bits per heavy atom. The zero-order chi connectivity index (χ0) is 10.7. The fourth-order valence-corrected chi connectivity index (χ4v) is 2.70. The van der Waals surface area contributed by atoms with Crippen molar-refractivity contribution < 1.29 is 0 Å². The Labute approximate surface area is 95.5 Å². The van der Waals surface area contributed by atoms with Gasteiger partial charge in [0, 0.05) is 37.6 Å². The van der Waals surface area contributed by atoms with Gasteiger partial charge in [0.05, 0.1) is 10.7 Å². The number of hydrogen-bond donors (Lipinski definition) is 1. The van der Waals surface area contributed by atoms with E-state index in [2.05, 4.69) is 34.4 Å². The number of piperazine rings is 1. The van der Waals surface area contributed by atoms with Gasteiger partial charge in [-0.3, -0.25) is 4.90 Å². The van der Waals surface area contributed by atoms with E-state index in [9.17, 15) is 0 Å². The number of aryl methyl sites for hydroxylation is 1. The van der Waals surface area contributed by atoms with Gasteiger partial charge in [0.2, 0.25) is 0 Å². The van der Waals surface area contributed by atoms with Gasteiger partial charge in [0.15, 0.2) is 0 Å². The molecule has 1 unspecified atom stereocenters. The van der Waals surface area contributed by atoms with E-state index in [1.807, 2.05) is 0 Å². The van der Waals surface area contributed by atoms with Gasteiger partial charge < -0.3 is 5.32 Å². The van der Waals surface area contributed by atoms with Crippen LogP contribution in [0.5, 0.6) is 0 Å². The Morgan fingerprint density at radius 3 is 3.20 bits per heavy atom. The highest BCUT2D eigenvalue weighted by molar-refractivity contribution is 7.09. The van der Waals surface area contributed by atoms with Crippen LogP contribution in [0.1, 0.15) is 24.5 Å². The molecule has 84 valence electrons. The van der Waals surface area contributed by atoms with Crippen LogP contribution in [0.4, 0.5) is 0 Å². The molecule has 0 aromatic carbocycles. The highest BCUT2D eigenvalue weighted by Crippen LogP contribution is 2.13. The molecular weight excluding hydrogens is 206 g/mol. The summed E-state index contributed by atoms with van der Waals surface area (Å²) in [5.41, 5.74) is 1.24. The molecular formula is C11H19N3S. The number of thiazole rings is 1. The Hall–Kier alpha value is -0.450. The Morgan fingerprint density at radius 2 is 2.53 bits per heavy atom. The first-order valence-electron chi connectivity index (χ1n) is 5.67. The molecule has 1 aromatic heterocycles. The highest BCUT2D eigenvalue weighted by atomic mass is 32.1. The molecule has 4 heteroatoms. The van der Waals surface area contributed by atoms with Crippen LogP contribution in [0.2, 0.25) is 0 Å². The molecule has 1 fully saturated rings. The molecule has 1 aromatic rings. The normalized spacial score (nSPS) is 23.2. The summed E-state index contributed by atoms with van der Waals surface area (Å²) in [6, 6.07) is 0.614. The molecule has 1 aliphatic rings. The molecule has 0 bridgehead atoms. The van der Waals surface area contributed by atoms with Crippen molar-refractivity contribution in [3.63, 3.8) is 0 Å². The van der Waals surface area contributed by atoms with E-state index in [4.69, 9.17) is 0 Å². The van der Waals surface area contributed by atoms with E-state index in [0.29, 0.717) is 6.04 Å². The molecule has 2 heterocycles. The summed E-state index contributed by atoms with van der Waals surface area (Å²) in [5, 5.41) is 6.91. The predicted molar refractivity (Wildman–Crippen MR) is 64.2 cm³/mol. The Kier molecular flexibility index (Phi) is 3.72. The van der Waals surface area contributed by atoms with Crippen molar-refractivity contribution in [2.75, 3.05) is 19.6 Å². The van der Waals surface area contributed by atoms with Crippen molar-refractivity contribution in [2.45, 2.75) is 32.9 Å². The third kappa shape index (κ3) is 3.00. The lowest BCUT2D eigenvalue weighted by atomic mass is 10.2. The Bertz CT molecular complexity index is 311. The minimum absolute atomic E-state index is 0.614. The van der Waals surface area contributed by atoms with Crippen LogP contribution in [0.15, 0.2) is 5.38 Å². The molecule has 0 spiro atoms. The van der Waals surface area contributed by atoms with Crippen LogP contribution in [-0.2, 0) is 13.0 Å². The van der Waals surface area contributed by atoms with Gasteiger partial charge in [-0.25, -0.2) is 4.98 Å². The first kappa shape index (κ1) is 11.0. The summed E-state index contributed by atoms with van der Waals surface area (Å²) >= 11 is 1.79. The SMILES string of the molecule is CCc1nc(CN2CCNC(C)C2)cs1. The zero-order valence-corrected chi connectivity index (χ0v) is 10.3. The molecule has 1 atom stereocenters. The van der Waals surface area contributed by atoms with Crippen molar-refractivity contribution in [1.29, 1.82) is 0 Å². The predicted octanol–water partition coefficient (Wildman–Crippen LogP) is 1.50. The maximum Gasteiger partial charge on any atom is 0.0926 e. The van der Waals surface area contributed by atoms with Crippen LogP contribution in [-0.4, -0.2) is 35.6 Å². The van der Waals surface area contributed by atoms with Crippen molar-refractivity contribution in [3.05, 3.63) is 16.1 Å². The summed E-state index contributed by atoms with van der Waals surface area (Å²) in [5.74, 6) is 0. The monoisotopic (exact) mass is 225 g/mol. The second-order valence-electron chi connectivity index (χ2n) is 4.18. The van der Waals surface area contributed by atoms with Crippen molar-refractivity contribution >= 4 is 11.3 Å². The molecule has 1 aliphatic heterocycles. The minimum atomic E-state index is 0.614. The van der Waals surface area contributed by atoms with Crippen LogP contribution in [0.3, 0.4) is 0 Å². The fourth-order valence-electron chi connectivity index (χ4n) is 1.97. The number of nitrogens with zero attached hydrogens (tertiary/aromatic N) is 2. The second kappa shape index (κ2) is 5.05. The van der Waals surface area contributed by atoms with Crippen LogP contribution in [0.25, 0.3) is 0 Å².